The Kier molecular flexibility index (Phi) is 6.16. The summed E-state index contributed by atoms with van der Waals surface area (Å²) in [4.78, 5) is 19.5. The topological polar surface area (TPSA) is 115 Å². The predicted octanol–water partition coefficient (Wildman–Crippen LogP) is -2.01. The van der Waals surface area contributed by atoms with Crippen molar-refractivity contribution >= 4 is 11.9 Å². The molecule has 0 bridgehead atoms. The fourth-order valence-electron chi connectivity index (χ4n) is 0.270. The van der Waals surface area contributed by atoms with Gasteiger partial charge in [0.1, 0.15) is 0 Å². The van der Waals surface area contributed by atoms with Gasteiger partial charge in [0.15, 0.2) is 12.2 Å². The Balaban J connectivity index is -0.000000405. The first kappa shape index (κ1) is 13.1. The van der Waals surface area contributed by atoms with Gasteiger partial charge in [0, 0.05) is 0 Å². The van der Waals surface area contributed by atoms with Gasteiger partial charge in [-0.3, -0.25) is 0 Å². The summed E-state index contributed by atoms with van der Waals surface area (Å²) >= 11 is 0. The maximum atomic E-state index is 9.77. The molecule has 7 heteroatoms. The number of carboxylic acids is 2. The third kappa shape index (κ3) is 4.03. The Bertz CT molecular complexity index is 144. The molecule has 0 aliphatic heterocycles. The monoisotopic (exact) mass is 215 g/mol. The van der Waals surface area contributed by atoms with Gasteiger partial charge in [-0.05, 0) is 0 Å². The minimum atomic E-state index is -2.27. The molecule has 0 aliphatic rings. The number of aliphatic hydroxyl groups excluding tert-OH is 2. The molecule has 0 amide bonds. The van der Waals surface area contributed by atoms with Crippen LogP contribution in [0, 0.1) is 0 Å². The first-order chi connectivity index (χ1) is 4.46. The SMILES string of the molecule is O=C(O)C(O)C(O)C(=O)O.[H+].[Zn+2]. The molecule has 2 unspecified atom stereocenters. The Morgan fingerprint density at radius 2 is 1.18 bits per heavy atom. The summed E-state index contributed by atoms with van der Waals surface area (Å²) in [5, 5.41) is 32.5. The fraction of sp³-hybridized carbons (Fsp3) is 0.500. The average molecular weight is 216 g/mol. The van der Waals surface area contributed by atoms with E-state index in [2.05, 4.69) is 0 Å². The van der Waals surface area contributed by atoms with E-state index < -0.39 is 24.1 Å². The summed E-state index contributed by atoms with van der Waals surface area (Å²) in [7, 11) is 0. The van der Waals surface area contributed by atoms with Crippen LogP contribution in [-0.2, 0) is 29.1 Å². The van der Waals surface area contributed by atoms with E-state index in [1.807, 2.05) is 0 Å². The van der Waals surface area contributed by atoms with Crippen LogP contribution in [0.3, 0.4) is 0 Å². The standard InChI is InChI=1S/C4H6O6.Zn/c5-1(3(7)8)2(6)4(9)10;/h1-2,5-6H,(H,7,8)(H,9,10);/q;+2/p+1. The molecule has 2 atom stereocenters. The molecule has 0 aromatic heterocycles. The molecule has 0 aromatic rings. The summed E-state index contributed by atoms with van der Waals surface area (Å²) < 4.78 is 0. The minimum absolute atomic E-state index is 0. The third-order valence-corrected chi connectivity index (χ3v) is 0.805. The quantitative estimate of drug-likeness (QED) is 0.405. The van der Waals surface area contributed by atoms with E-state index in [-0.39, 0.29) is 20.9 Å². The van der Waals surface area contributed by atoms with Crippen LogP contribution in [0.2, 0.25) is 0 Å². The molecule has 0 spiro atoms. The second-order valence-electron chi connectivity index (χ2n) is 1.57. The second-order valence-corrected chi connectivity index (χ2v) is 1.57. The number of hydrogen-bond acceptors (Lipinski definition) is 4. The van der Waals surface area contributed by atoms with Crippen LogP contribution in [0.25, 0.3) is 0 Å². The Hall–Kier alpha value is -0.517. The molecule has 0 aromatic carbocycles. The molecule has 0 saturated carbocycles. The van der Waals surface area contributed by atoms with Crippen molar-refractivity contribution in [3.63, 3.8) is 0 Å². The van der Waals surface area contributed by atoms with Crippen molar-refractivity contribution < 1.29 is 50.9 Å². The van der Waals surface area contributed by atoms with Crippen LogP contribution >= 0.6 is 0 Å². The molecule has 0 radical (unpaired) electrons. The summed E-state index contributed by atoms with van der Waals surface area (Å²) in [5.74, 6) is -3.54. The van der Waals surface area contributed by atoms with Gasteiger partial charge in [0.25, 0.3) is 0 Å². The molecular formula is C4H7O6Zn+3. The van der Waals surface area contributed by atoms with Crippen molar-refractivity contribution in [3.05, 3.63) is 0 Å². The van der Waals surface area contributed by atoms with Crippen molar-refractivity contribution in [1.29, 1.82) is 0 Å². The van der Waals surface area contributed by atoms with Gasteiger partial charge in [-0.15, -0.1) is 0 Å². The predicted molar refractivity (Wildman–Crippen MR) is 28.4 cm³/mol. The zero-order valence-corrected chi connectivity index (χ0v) is 8.43. The van der Waals surface area contributed by atoms with Gasteiger partial charge in [-0.25, -0.2) is 9.59 Å². The van der Waals surface area contributed by atoms with E-state index in [9.17, 15) is 9.59 Å². The molecule has 6 nitrogen and oxygen atoms in total. The number of carbonyl (C=O) groups is 2. The maximum absolute atomic E-state index is 9.77. The number of aliphatic carboxylic acids is 2. The van der Waals surface area contributed by atoms with E-state index in [1.54, 1.807) is 0 Å². The van der Waals surface area contributed by atoms with Gasteiger partial charge < -0.3 is 20.4 Å². The molecule has 0 aliphatic carbocycles. The molecule has 4 N–H and O–H groups in total. The third-order valence-electron chi connectivity index (χ3n) is 0.805. The van der Waals surface area contributed by atoms with Gasteiger partial charge in [0.2, 0.25) is 0 Å². The van der Waals surface area contributed by atoms with Gasteiger partial charge in [-0.2, -0.15) is 0 Å². The van der Waals surface area contributed by atoms with E-state index in [0.29, 0.717) is 0 Å². The van der Waals surface area contributed by atoms with Gasteiger partial charge >= 0.3 is 32.8 Å². The molecule has 0 rings (SSSR count). The zero-order chi connectivity index (χ0) is 8.31. The van der Waals surface area contributed by atoms with Crippen LogP contribution in [0.15, 0.2) is 0 Å². The number of rotatable bonds is 3. The Morgan fingerprint density at radius 1 is 1.00 bits per heavy atom. The van der Waals surface area contributed by atoms with Gasteiger partial charge in [0.05, 0.1) is 0 Å². The Morgan fingerprint density at radius 3 is 1.27 bits per heavy atom. The largest absolute Gasteiger partial charge is 2.00 e. The number of carboxylic acid groups (broad SMARTS) is 2. The smallest absolute Gasteiger partial charge is 0.479 e. The minimum Gasteiger partial charge on any atom is -0.479 e. The fourth-order valence-corrected chi connectivity index (χ4v) is 0.270. The van der Waals surface area contributed by atoms with Crippen LogP contribution in [-0.4, -0.2) is 44.6 Å². The Labute approximate surface area is 75.7 Å². The molecular weight excluding hydrogens is 209 g/mol. The normalized spacial score (nSPS) is 14.4. The van der Waals surface area contributed by atoms with Crippen molar-refractivity contribution in [2.45, 2.75) is 12.2 Å². The van der Waals surface area contributed by atoms with Crippen molar-refractivity contribution in [1.82, 2.24) is 0 Å². The maximum Gasteiger partial charge on any atom is 2.00 e. The van der Waals surface area contributed by atoms with E-state index in [4.69, 9.17) is 20.4 Å². The summed E-state index contributed by atoms with van der Waals surface area (Å²) in [6.07, 6.45) is -4.53. The number of aliphatic hydroxyl groups is 2. The molecule has 0 heterocycles. The van der Waals surface area contributed by atoms with E-state index in [1.165, 1.54) is 0 Å². The summed E-state index contributed by atoms with van der Waals surface area (Å²) in [5.41, 5.74) is 0. The van der Waals surface area contributed by atoms with Crippen molar-refractivity contribution in [3.8, 4) is 0 Å². The van der Waals surface area contributed by atoms with Crippen LogP contribution in [0.4, 0.5) is 0 Å². The van der Waals surface area contributed by atoms with E-state index in [0.717, 1.165) is 0 Å². The van der Waals surface area contributed by atoms with Crippen LogP contribution in [0.5, 0.6) is 0 Å². The zero-order valence-electron chi connectivity index (χ0n) is 6.47. The van der Waals surface area contributed by atoms with Crippen molar-refractivity contribution in [2.24, 2.45) is 0 Å². The molecule has 0 fully saturated rings. The second kappa shape index (κ2) is 5.18. The summed E-state index contributed by atoms with van der Waals surface area (Å²) in [6, 6.07) is 0. The molecule has 0 saturated heterocycles. The van der Waals surface area contributed by atoms with Crippen LogP contribution < -0.4 is 0 Å². The number of hydrogen-bond donors (Lipinski definition) is 4. The molecule has 11 heavy (non-hydrogen) atoms. The first-order valence-corrected chi connectivity index (χ1v) is 2.28. The van der Waals surface area contributed by atoms with Gasteiger partial charge in [-0.1, -0.05) is 0 Å². The van der Waals surface area contributed by atoms with E-state index >= 15 is 0 Å². The van der Waals surface area contributed by atoms with Crippen LogP contribution in [0.1, 0.15) is 1.43 Å². The first-order valence-electron chi connectivity index (χ1n) is 2.28. The summed E-state index contributed by atoms with van der Waals surface area (Å²) in [6.45, 7) is 0. The average Bonchev–Trinajstić information content (AvgIpc) is 1.84. The van der Waals surface area contributed by atoms with Crippen molar-refractivity contribution in [2.75, 3.05) is 0 Å². The molecule has 58 valence electrons.